The number of aromatic hydroxyl groups is 1. The molecule has 31 heavy (non-hydrogen) atoms. The number of ketones is 1. The minimum atomic E-state index is -0.200. The highest BCUT2D eigenvalue weighted by atomic mass is 16.5. The lowest BCUT2D eigenvalue weighted by molar-refractivity contribution is 0.101. The van der Waals surface area contributed by atoms with Crippen molar-refractivity contribution in [2.24, 2.45) is 11.8 Å². The molecule has 0 spiro atoms. The average molecular weight is 424 g/mol. The first-order valence-corrected chi connectivity index (χ1v) is 10.6. The number of ether oxygens (including phenoxy) is 3. The third kappa shape index (κ3) is 4.26. The number of rotatable bonds is 5. The van der Waals surface area contributed by atoms with Crippen LogP contribution in [0.25, 0.3) is 6.08 Å². The van der Waals surface area contributed by atoms with E-state index in [1.165, 1.54) is 6.42 Å². The molecule has 0 radical (unpaired) electrons. The summed E-state index contributed by atoms with van der Waals surface area (Å²) in [6, 6.07) is 8.60. The monoisotopic (exact) mass is 423 g/mol. The Balaban J connectivity index is 1.65. The molecular weight excluding hydrogens is 394 g/mol. The molecule has 0 unspecified atom stereocenters. The standard InChI is InChI=1S/C25H29NO5/c1-15-9-16(2)13-26(12-15)14-20-21(27)8-7-19-24(28)23(31-25(19)20)10-17-5-6-18(29-3)11-22(17)30-4/h5-8,10-11,15-16,27H,9,12-14H2,1-4H3/b23-10-/t15-,16-/m0/s1. The Morgan fingerprint density at radius 3 is 2.55 bits per heavy atom. The van der Waals surface area contributed by atoms with Gasteiger partial charge in [0.05, 0.1) is 25.3 Å². The van der Waals surface area contributed by atoms with Crippen LogP contribution in [-0.4, -0.2) is 43.1 Å². The largest absolute Gasteiger partial charge is 0.507 e. The molecule has 2 aromatic rings. The lowest BCUT2D eigenvalue weighted by Crippen LogP contribution is -2.38. The van der Waals surface area contributed by atoms with Crippen molar-refractivity contribution in [2.45, 2.75) is 26.8 Å². The van der Waals surface area contributed by atoms with Gasteiger partial charge in [0.2, 0.25) is 5.78 Å². The number of hydrogen-bond donors (Lipinski definition) is 1. The van der Waals surface area contributed by atoms with E-state index in [1.807, 2.05) is 6.07 Å². The lowest BCUT2D eigenvalue weighted by Gasteiger charge is -2.35. The molecule has 2 aliphatic heterocycles. The summed E-state index contributed by atoms with van der Waals surface area (Å²) in [6.45, 7) is 6.98. The van der Waals surface area contributed by atoms with Gasteiger partial charge in [-0.1, -0.05) is 13.8 Å². The Bertz CT molecular complexity index is 1020. The van der Waals surface area contributed by atoms with Gasteiger partial charge in [0.15, 0.2) is 5.76 Å². The molecule has 2 atom stereocenters. The number of benzene rings is 2. The third-order valence-corrected chi connectivity index (χ3v) is 5.97. The second-order valence-electron chi connectivity index (χ2n) is 8.63. The molecule has 0 amide bonds. The van der Waals surface area contributed by atoms with Gasteiger partial charge in [0, 0.05) is 31.3 Å². The van der Waals surface area contributed by atoms with Crippen LogP contribution < -0.4 is 14.2 Å². The minimum absolute atomic E-state index is 0.153. The van der Waals surface area contributed by atoms with Gasteiger partial charge in [0.1, 0.15) is 23.0 Å². The minimum Gasteiger partial charge on any atom is -0.507 e. The maximum Gasteiger partial charge on any atom is 0.231 e. The predicted molar refractivity (Wildman–Crippen MR) is 119 cm³/mol. The number of nitrogens with zero attached hydrogens (tertiary/aromatic N) is 1. The van der Waals surface area contributed by atoms with Crippen molar-refractivity contribution >= 4 is 11.9 Å². The summed E-state index contributed by atoms with van der Waals surface area (Å²) < 4.78 is 16.7. The fourth-order valence-corrected chi connectivity index (χ4v) is 4.67. The topological polar surface area (TPSA) is 68.2 Å². The van der Waals surface area contributed by atoms with E-state index >= 15 is 0 Å². The number of methoxy groups -OCH3 is 2. The smallest absolute Gasteiger partial charge is 0.231 e. The molecule has 6 heteroatoms. The highest BCUT2D eigenvalue weighted by Crippen LogP contribution is 2.41. The molecular formula is C25H29NO5. The summed E-state index contributed by atoms with van der Waals surface area (Å²) in [5.41, 5.74) is 1.85. The van der Waals surface area contributed by atoms with Gasteiger partial charge < -0.3 is 19.3 Å². The molecule has 0 aliphatic carbocycles. The SMILES string of the molecule is COc1ccc(/C=C2\Oc3c(ccc(O)c3CN3C[C@@H](C)C[C@H](C)C3)C2=O)c(OC)c1. The van der Waals surface area contributed by atoms with Crippen LogP contribution in [0.4, 0.5) is 0 Å². The second kappa shape index (κ2) is 8.63. The maximum atomic E-state index is 13.0. The zero-order valence-electron chi connectivity index (χ0n) is 18.5. The Hall–Kier alpha value is -2.99. The fraction of sp³-hybridized carbons (Fsp3) is 0.400. The van der Waals surface area contributed by atoms with E-state index in [-0.39, 0.29) is 17.3 Å². The van der Waals surface area contributed by atoms with Gasteiger partial charge in [-0.3, -0.25) is 9.69 Å². The van der Waals surface area contributed by atoms with Gasteiger partial charge in [-0.25, -0.2) is 0 Å². The number of piperidine rings is 1. The quantitative estimate of drug-likeness (QED) is 0.714. The second-order valence-corrected chi connectivity index (χ2v) is 8.63. The number of carbonyl (C=O) groups excluding carboxylic acids is 1. The highest BCUT2D eigenvalue weighted by molar-refractivity contribution is 6.15. The molecule has 4 rings (SSSR count). The van der Waals surface area contributed by atoms with E-state index in [0.29, 0.717) is 52.3 Å². The number of likely N-dealkylation sites (tertiary alicyclic amines) is 1. The van der Waals surface area contributed by atoms with Crippen molar-refractivity contribution < 1.29 is 24.1 Å². The lowest BCUT2D eigenvalue weighted by atomic mass is 9.91. The fourth-order valence-electron chi connectivity index (χ4n) is 4.67. The number of hydrogen-bond acceptors (Lipinski definition) is 6. The first-order valence-electron chi connectivity index (χ1n) is 10.6. The van der Waals surface area contributed by atoms with Crippen molar-refractivity contribution in [3.63, 3.8) is 0 Å². The van der Waals surface area contributed by atoms with Gasteiger partial charge in [-0.15, -0.1) is 0 Å². The average Bonchev–Trinajstić information content (AvgIpc) is 3.05. The van der Waals surface area contributed by atoms with E-state index in [1.54, 1.807) is 44.6 Å². The molecule has 2 aromatic carbocycles. The van der Waals surface area contributed by atoms with Gasteiger partial charge in [0.25, 0.3) is 0 Å². The molecule has 2 heterocycles. The van der Waals surface area contributed by atoms with E-state index < -0.39 is 0 Å². The van der Waals surface area contributed by atoms with Crippen molar-refractivity contribution in [3.05, 3.63) is 52.8 Å². The summed E-state index contributed by atoms with van der Waals surface area (Å²) in [6.07, 6.45) is 2.88. The zero-order valence-corrected chi connectivity index (χ0v) is 18.5. The molecule has 164 valence electrons. The number of phenolic OH excluding ortho intramolecular Hbond substituents is 1. The molecule has 2 aliphatic rings. The van der Waals surface area contributed by atoms with Crippen LogP contribution in [0.3, 0.4) is 0 Å². The summed E-state index contributed by atoms with van der Waals surface area (Å²) >= 11 is 0. The Kier molecular flexibility index (Phi) is 5.92. The van der Waals surface area contributed by atoms with Crippen LogP contribution in [0.15, 0.2) is 36.1 Å². The Morgan fingerprint density at radius 2 is 1.87 bits per heavy atom. The predicted octanol–water partition coefficient (Wildman–Crippen LogP) is 4.50. The Morgan fingerprint density at radius 1 is 1.13 bits per heavy atom. The summed E-state index contributed by atoms with van der Waals surface area (Å²) in [7, 11) is 3.16. The van der Waals surface area contributed by atoms with Crippen LogP contribution in [0.5, 0.6) is 23.0 Å². The number of fused-ring (bicyclic) bond motifs is 1. The van der Waals surface area contributed by atoms with E-state index in [9.17, 15) is 9.90 Å². The van der Waals surface area contributed by atoms with E-state index in [2.05, 4.69) is 18.7 Å². The first-order chi connectivity index (χ1) is 14.9. The number of allylic oxidation sites excluding steroid dienone is 1. The first kappa shape index (κ1) is 21.2. The molecule has 0 aromatic heterocycles. The van der Waals surface area contributed by atoms with Crippen LogP contribution in [-0.2, 0) is 6.54 Å². The third-order valence-electron chi connectivity index (χ3n) is 5.97. The molecule has 0 bridgehead atoms. The normalized spacial score (nSPS) is 22.3. The summed E-state index contributed by atoms with van der Waals surface area (Å²) in [4.78, 5) is 15.4. The maximum absolute atomic E-state index is 13.0. The van der Waals surface area contributed by atoms with E-state index in [4.69, 9.17) is 14.2 Å². The van der Waals surface area contributed by atoms with E-state index in [0.717, 1.165) is 13.1 Å². The van der Waals surface area contributed by atoms with Gasteiger partial charge in [-0.05, 0) is 48.6 Å². The summed E-state index contributed by atoms with van der Waals surface area (Å²) in [5, 5.41) is 10.6. The van der Waals surface area contributed by atoms with Gasteiger partial charge >= 0.3 is 0 Å². The van der Waals surface area contributed by atoms with Crippen LogP contribution in [0, 0.1) is 11.8 Å². The van der Waals surface area contributed by atoms with Crippen LogP contribution in [0.1, 0.15) is 41.8 Å². The number of carbonyl (C=O) groups is 1. The van der Waals surface area contributed by atoms with Crippen molar-refractivity contribution in [3.8, 4) is 23.0 Å². The number of Topliss-reactive ketones (excluding diaryl/α,β-unsaturated/α-hetero) is 1. The van der Waals surface area contributed by atoms with Crippen molar-refractivity contribution in [1.29, 1.82) is 0 Å². The Labute approximate surface area is 183 Å². The van der Waals surface area contributed by atoms with Crippen LogP contribution in [0.2, 0.25) is 0 Å². The van der Waals surface area contributed by atoms with Gasteiger partial charge in [-0.2, -0.15) is 0 Å². The molecule has 1 fully saturated rings. The zero-order chi connectivity index (χ0) is 22.1. The van der Waals surface area contributed by atoms with Crippen LogP contribution >= 0.6 is 0 Å². The number of phenols is 1. The molecule has 0 saturated carbocycles. The molecule has 1 N–H and O–H groups in total. The highest BCUT2D eigenvalue weighted by Gasteiger charge is 2.33. The molecule has 1 saturated heterocycles. The van der Waals surface area contributed by atoms with Crippen molar-refractivity contribution in [2.75, 3.05) is 27.3 Å². The van der Waals surface area contributed by atoms with Crippen molar-refractivity contribution in [1.82, 2.24) is 4.90 Å². The molecule has 6 nitrogen and oxygen atoms in total. The summed E-state index contributed by atoms with van der Waals surface area (Å²) in [5.74, 6) is 3.07.